The number of rotatable bonds is 2. The Bertz CT molecular complexity index is 1040. The number of aromatic nitrogens is 2. The Hall–Kier alpha value is -2.34. The van der Waals surface area contributed by atoms with Gasteiger partial charge in [0.15, 0.2) is 11.6 Å². The molecule has 0 saturated heterocycles. The molecule has 0 unspecified atom stereocenters. The SMILES string of the molecule is O=c1[nH]c(/C=C/c2ccc(F)c(F)c2)nc2sc3c(c12)CCCCC3. The van der Waals surface area contributed by atoms with E-state index in [1.165, 1.54) is 17.4 Å². The summed E-state index contributed by atoms with van der Waals surface area (Å²) in [6.07, 6.45) is 8.61. The molecule has 3 nitrogen and oxygen atoms in total. The molecular formula is C19H16F2N2OS. The average Bonchev–Trinajstić information content (AvgIpc) is 2.78. The van der Waals surface area contributed by atoms with Gasteiger partial charge in [0.05, 0.1) is 5.39 Å². The fourth-order valence-electron chi connectivity index (χ4n) is 3.23. The highest BCUT2D eigenvalue weighted by atomic mass is 32.1. The number of halogens is 2. The van der Waals surface area contributed by atoms with Crippen molar-refractivity contribution in [3.63, 3.8) is 0 Å². The van der Waals surface area contributed by atoms with Gasteiger partial charge in [-0.15, -0.1) is 11.3 Å². The van der Waals surface area contributed by atoms with Crippen LogP contribution >= 0.6 is 11.3 Å². The summed E-state index contributed by atoms with van der Waals surface area (Å²) >= 11 is 1.59. The second-order valence-corrected chi connectivity index (χ2v) is 7.29. The molecule has 1 aromatic carbocycles. The summed E-state index contributed by atoms with van der Waals surface area (Å²) in [6, 6.07) is 3.65. The van der Waals surface area contributed by atoms with Gasteiger partial charge in [0.2, 0.25) is 0 Å². The minimum Gasteiger partial charge on any atom is -0.306 e. The molecule has 1 N–H and O–H groups in total. The van der Waals surface area contributed by atoms with E-state index in [-0.39, 0.29) is 5.56 Å². The van der Waals surface area contributed by atoms with Crippen molar-refractivity contribution >= 4 is 33.7 Å². The number of H-pyrrole nitrogens is 1. The van der Waals surface area contributed by atoms with Crippen molar-refractivity contribution in [3.05, 3.63) is 62.0 Å². The molecule has 2 aromatic heterocycles. The molecule has 6 heteroatoms. The Morgan fingerprint density at radius 2 is 1.92 bits per heavy atom. The summed E-state index contributed by atoms with van der Waals surface area (Å²) in [5, 5.41) is 0.715. The third-order valence-corrected chi connectivity index (χ3v) is 5.66. The molecule has 1 aliphatic carbocycles. The van der Waals surface area contributed by atoms with Crippen LogP contribution in [0.15, 0.2) is 23.0 Å². The van der Waals surface area contributed by atoms with Crippen molar-refractivity contribution in [3.8, 4) is 0 Å². The second-order valence-electron chi connectivity index (χ2n) is 6.20. The van der Waals surface area contributed by atoms with Gasteiger partial charge in [0, 0.05) is 4.88 Å². The highest BCUT2D eigenvalue weighted by molar-refractivity contribution is 7.18. The van der Waals surface area contributed by atoms with E-state index in [4.69, 9.17) is 0 Å². The number of nitrogens with one attached hydrogen (secondary N) is 1. The van der Waals surface area contributed by atoms with Crippen LogP contribution in [0.25, 0.3) is 22.4 Å². The molecule has 2 heterocycles. The lowest BCUT2D eigenvalue weighted by Gasteiger charge is -1.99. The molecule has 0 aliphatic heterocycles. The molecule has 1 aliphatic rings. The zero-order chi connectivity index (χ0) is 17.4. The van der Waals surface area contributed by atoms with E-state index in [0.717, 1.165) is 48.2 Å². The molecular weight excluding hydrogens is 342 g/mol. The zero-order valence-electron chi connectivity index (χ0n) is 13.4. The van der Waals surface area contributed by atoms with Crippen LogP contribution in [0.5, 0.6) is 0 Å². The third kappa shape index (κ3) is 3.14. The summed E-state index contributed by atoms with van der Waals surface area (Å²) in [6.45, 7) is 0. The van der Waals surface area contributed by atoms with Crippen LogP contribution in [-0.4, -0.2) is 9.97 Å². The molecule has 128 valence electrons. The second kappa shape index (κ2) is 6.52. The van der Waals surface area contributed by atoms with E-state index < -0.39 is 11.6 Å². The Kier molecular flexibility index (Phi) is 4.21. The van der Waals surface area contributed by atoms with Crippen LogP contribution in [0.4, 0.5) is 8.78 Å². The van der Waals surface area contributed by atoms with Crippen molar-refractivity contribution in [2.75, 3.05) is 0 Å². The average molecular weight is 358 g/mol. The fraction of sp³-hybridized carbons (Fsp3) is 0.263. The minimum absolute atomic E-state index is 0.130. The predicted molar refractivity (Wildman–Crippen MR) is 96.8 cm³/mol. The van der Waals surface area contributed by atoms with Gasteiger partial charge in [-0.25, -0.2) is 13.8 Å². The molecule has 25 heavy (non-hydrogen) atoms. The van der Waals surface area contributed by atoms with Gasteiger partial charge in [0.25, 0.3) is 5.56 Å². The van der Waals surface area contributed by atoms with Crippen LogP contribution in [0.3, 0.4) is 0 Å². The number of hydrogen-bond acceptors (Lipinski definition) is 3. The van der Waals surface area contributed by atoms with Crippen LogP contribution < -0.4 is 5.56 Å². The minimum atomic E-state index is -0.902. The van der Waals surface area contributed by atoms with Crippen molar-refractivity contribution in [1.82, 2.24) is 9.97 Å². The molecule has 3 aromatic rings. The van der Waals surface area contributed by atoms with E-state index >= 15 is 0 Å². The van der Waals surface area contributed by atoms with Crippen LogP contribution in [0.2, 0.25) is 0 Å². The molecule has 0 atom stereocenters. The first kappa shape index (κ1) is 16.1. The van der Waals surface area contributed by atoms with Crippen LogP contribution in [0.1, 0.15) is 41.1 Å². The maximum atomic E-state index is 13.3. The monoisotopic (exact) mass is 358 g/mol. The summed E-state index contributed by atoms with van der Waals surface area (Å²) in [5.41, 5.74) is 1.53. The van der Waals surface area contributed by atoms with Gasteiger partial charge in [0.1, 0.15) is 10.7 Å². The molecule has 0 radical (unpaired) electrons. The zero-order valence-corrected chi connectivity index (χ0v) is 14.3. The topological polar surface area (TPSA) is 45.8 Å². The van der Waals surface area contributed by atoms with Crippen molar-refractivity contribution in [2.45, 2.75) is 32.1 Å². The fourth-order valence-corrected chi connectivity index (χ4v) is 4.50. The van der Waals surface area contributed by atoms with Gasteiger partial charge >= 0.3 is 0 Å². The van der Waals surface area contributed by atoms with E-state index in [1.807, 2.05) is 0 Å². The molecule has 0 bridgehead atoms. The molecule has 0 amide bonds. The first-order chi connectivity index (χ1) is 12.1. The van der Waals surface area contributed by atoms with Crippen LogP contribution in [0, 0.1) is 11.6 Å². The highest BCUT2D eigenvalue weighted by Crippen LogP contribution is 2.32. The Labute approximate surface area is 147 Å². The number of thiophene rings is 1. The van der Waals surface area contributed by atoms with Crippen molar-refractivity contribution < 1.29 is 8.78 Å². The van der Waals surface area contributed by atoms with Gasteiger partial charge < -0.3 is 4.98 Å². The smallest absolute Gasteiger partial charge is 0.260 e. The first-order valence-corrected chi connectivity index (χ1v) is 9.11. The standard InChI is InChI=1S/C19H16F2N2OS/c20-13-8-6-11(10-14(13)21)7-9-16-22-18(24)17-12-4-2-1-3-5-15(12)25-19(17)23-16/h6-10H,1-5H2,(H,22,23,24)/b9-7+. The number of aryl methyl sites for hydroxylation is 2. The third-order valence-electron chi connectivity index (χ3n) is 4.47. The lowest BCUT2D eigenvalue weighted by Crippen LogP contribution is -2.10. The maximum Gasteiger partial charge on any atom is 0.260 e. The normalized spacial score (nSPS) is 14.8. The van der Waals surface area contributed by atoms with E-state index in [9.17, 15) is 13.6 Å². The Balaban J connectivity index is 1.72. The molecule has 0 fully saturated rings. The summed E-state index contributed by atoms with van der Waals surface area (Å²) in [4.78, 5) is 21.9. The van der Waals surface area contributed by atoms with E-state index in [0.29, 0.717) is 16.8 Å². The highest BCUT2D eigenvalue weighted by Gasteiger charge is 2.18. The molecule has 0 saturated carbocycles. The molecule has 0 spiro atoms. The first-order valence-electron chi connectivity index (χ1n) is 8.29. The van der Waals surface area contributed by atoms with Crippen molar-refractivity contribution in [2.24, 2.45) is 0 Å². The van der Waals surface area contributed by atoms with Gasteiger partial charge in [-0.3, -0.25) is 4.79 Å². The largest absolute Gasteiger partial charge is 0.306 e. The van der Waals surface area contributed by atoms with Crippen molar-refractivity contribution in [1.29, 1.82) is 0 Å². The predicted octanol–water partition coefficient (Wildman–Crippen LogP) is 4.70. The Morgan fingerprint density at radius 3 is 2.76 bits per heavy atom. The van der Waals surface area contributed by atoms with Gasteiger partial charge in [-0.05, 0) is 55.0 Å². The van der Waals surface area contributed by atoms with Crippen LogP contribution in [-0.2, 0) is 12.8 Å². The lowest BCUT2D eigenvalue weighted by molar-refractivity contribution is 0.508. The number of benzene rings is 1. The Morgan fingerprint density at radius 1 is 1.08 bits per heavy atom. The summed E-state index contributed by atoms with van der Waals surface area (Å²) < 4.78 is 26.2. The lowest BCUT2D eigenvalue weighted by atomic mass is 10.1. The maximum absolute atomic E-state index is 13.3. The summed E-state index contributed by atoms with van der Waals surface area (Å²) in [5.74, 6) is -1.37. The molecule has 4 rings (SSSR count). The summed E-state index contributed by atoms with van der Waals surface area (Å²) in [7, 11) is 0. The van der Waals surface area contributed by atoms with Gasteiger partial charge in [-0.1, -0.05) is 18.6 Å². The number of fused-ring (bicyclic) bond motifs is 3. The van der Waals surface area contributed by atoms with E-state index in [1.54, 1.807) is 23.5 Å². The number of hydrogen-bond donors (Lipinski definition) is 1. The van der Waals surface area contributed by atoms with E-state index in [2.05, 4.69) is 9.97 Å². The number of nitrogens with zero attached hydrogens (tertiary/aromatic N) is 1. The number of aromatic amines is 1. The quantitative estimate of drug-likeness (QED) is 0.675. The van der Waals surface area contributed by atoms with Gasteiger partial charge in [-0.2, -0.15) is 0 Å².